The Hall–Kier alpha value is -3.01. The topological polar surface area (TPSA) is 81.4 Å². The first-order valence-corrected chi connectivity index (χ1v) is 9.05. The van der Waals surface area contributed by atoms with Gasteiger partial charge in [-0.15, -0.1) is 5.06 Å². The van der Waals surface area contributed by atoms with Crippen molar-refractivity contribution in [2.75, 3.05) is 13.1 Å². The minimum atomic E-state index is -5.02. The molecule has 2 atom stereocenters. The standard InChI is InChI=1S/C19H17F3N4O3/c1-11-10-26(29-18(27)19(20,21)22)9-8-13(11)17-24-16(25-28-17)15-7-6-12-4-2-3-5-14(12)23-15/h2-7,11,13H,8-10H2,1H3. The predicted molar refractivity (Wildman–Crippen MR) is 95.3 cm³/mol. The summed E-state index contributed by atoms with van der Waals surface area (Å²) in [5, 5.41) is 6.03. The molecule has 1 aliphatic heterocycles. The highest BCUT2D eigenvalue weighted by molar-refractivity contribution is 5.80. The summed E-state index contributed by atoms with van der Waals surface area (Å²) in [6, 6.07) is 11.4. The molecular weight excluding hydrogens is 389 g/mol. The summed E-state index contributed by atoms with van der Waals surface area (Å²) >= 11 is 0. The van der Waals surface area contributed by atoms with Crippen LogP contribution in [0.25, 0.3) is 22.4 Å². The predicted octanol–water partition coefficient (Wildman–Crippen LogP) is 3.73. The van der Waals surface area contributed by atoms with Crippen LogP contribution in [0.1, 0.15) is 25.2 Å². The first kappa shape index (κ1) is 19.3. The Bertz CT molecular complexity index is 1040. The Balaban J connectivity index is 1.46. The number of benzene rings is 1. The van der Waals surface area contributed by atoms with Gasteiger partial charge in [0.2, 0.25) is 11.7 Å². The highest BCUT2D eigenvalue weighted by Crippen LogP contribution is 2.33. The number of aromatic nitrogens is 3. The molecule has 0 N–H and O–H groups in total. The summed E-state index contributed by atoms with van der Waals surface area (Å²) < 4.78 is 42.5. The number of pyridine rings is 1. The van der Waals surface area contributed by atoms with Crippen molar-refractivity contribution in [3.05, 3.63) is 42.3 Å². The average molecular weight is 406 g/mol. The highest BCUT2D eigenvalue weighted by atomic mass is 19.4. The second kappa shape index (κ2) is 7.43. The maximum absolute atomic E-state index is 12.4. The molecule has 7 nitrogen and oxygen atoms in total. The molecule has 0 spiro atoms. The second-order valence-electron chi connectivity index (χ2n) is 6.98. The molecule has 4 rings (SSSR count). The van der Waals surface area contributed by atoms with E-state index < -0.39 is 12.1 Å². The van der Waals surface area contributed by atoms with Gasteiger partial charge >= 0.3 is 12.1 Å². The van der Waals surface area contributed by atoms with Gasteiger partial charge in [0.05, 0.1) is 5.52 Å². The van der Waals surface area contributed by atoms with Crippen molar-refractivity contribution in [3.8, 4) is 11.5 Å². The summed E-state index contributed by atoms with van der Waals surface area (Å²) in [6.45, 7) is 2.11. The minimum absolute atomic E-state index is 0.137. The third kappa shape index (κ3) is 4.07. The number of hydrogen-bond donors (Lipinski definition) is 0. The summed E-state index contributed by atoms with van der Waals surface area (Å²) in [6.07, 6.45) is -4.60. The van der Waals surface area contributed by atoms with Gasteiger partial charge in [-0.25, -0.2) is 9.78 Å². The number of alkyl halides is 3. The zero-order valence-electron chi connectivity index (χ0n) is 15.4. The van der Waals surface area contributed by atoms with Crippen molar-refractivity contribution in [3.63, 3.8) is 0 Å². The van der Waals surface area contributed by atoms with Crippen LogP contribution in [0.5, 0.6) is 0 Å². The first-order chi connectivity index (χ1) is 13.8. The molecule has 29 heavy (non-hydrogen) atoms. The Morgan fingerprint density at radius 2 is 2.00 bits per heavy atom. The molecule has 0 radical (unpaired) electrons. The van der Waals surface area contributed by atoms with Gasteiger partial charge in [-0.3, -0.25) is 0 Å². The normalized spacial score (nSPS) is 20.7. The fourth-order valence-corrected chi connectivity index (χ4v) is 3.41. The van der Waals surface area contributed by atoms with Crippen molar-refractivity contribution in [1.82, 2.24) is 20.2 Å². The van der Waals surface area contributed by atoms with Crippen molar-refractivity contribution < 1.29 is 27.3 Å². The van der Waals surface area contributed by atoms with Crippen molar-refractivity contribution in [1.29, 1.82) is 0 Å². The maximum Gasteiger partial charge on any atom is 0.492 e. The number of piperidine rings is 1. The molecule has 3 heterocycles. The SMILES string of the molecule is CC1CN(OC(=O)C(F)(F)F)CCC1c1nc(-c2ccc3ccccc3n2)no1. The smallest absolute Gasteiger partial charge is 0.361 e. The lowest BCUT2D eigenvalue weighted by Crippen LogP contribution is -2.42. The second-order valence-corrected chi connectivity index (χ2v) is 6.98. The summed E-state index contributed by atoms with van der Waals surface area (Å²) in [5.74, 6) is -1.78. The van der Waals surface area contributed by atoms with E-state index in [4.69, 9.17) is 4.52 Å². The van der Waals surface area contributed by atoms with Gasteiger partial charge in [0, 0.05) is 24.4 Å². The van der Waals surface area contributed by atoms with Crippen LogP contribution in [-0.4, -0.2) is 45.4 Å². The van der Waals surface area contributed by atoms with E-state index in [9.17, 15) is 18.0 Å². The number of rotatable bonds is 3. The van der Waals surface area contributed by atoms with Gasteiger partial charge in [-0.2, -0.15) is 18.2 Å². The summed E-state index contributed by atoms with van der Waals surface area (Å²) in [4.78, 5) is 24.4. The molecule has 1 saturated heterocycles. The maximum atomic E-state index is 12.4. The third-order valence-electron chi connectivity index (χ3n) is 4.90. The van der Waals surface area contributed by atoms with E-state index in [0.717, 1.165) is 16.0 Å². The van der Waals surface area contributed by atoms with Crippen molar-refractivity contribution in [2.45, 2.75) is 25.4 Å². The van der Waals surface area contributed by atoms with Crippen LogP contribution in [0.4, 0.5) is 13.2 Å². The van der Waals surface area contributed by atoms with Crippen LogP contribution in [0, 0.1) is 5.92 Å². The molecule has 0 amide bonds. The van der Waals surface area contributed by atoms with Crippen LogP contribution >= 0.6 is 0 Å². The quantitative estimate of drug-likeness (QED) is 0.656. The van der Waals surface area contributed by atoms with E-state index in [-0.39, 0.29) is 24.9 Å². The van der Waals surface area contributed by atoms with E-state index in [1.807, 2.05) is 37.3 Å². The summed E-state index contributed by atoms with van der Waals surface area (Å²) in [7, 11) is 0. The lowest BCUT2D eigenvalue weighted by atomic mass is 9.87. The average Bonchev–Trinajstić information content (AvgIpc) is 3.17. The number of nitrogens with zero attached hydrogens (tertiary/aromatic N) is 4. The number of carbonyl (C=O) groups is 1. The molecule has 1 fully saturated rings. The third-order valence-corrected chi connectivity index (χ3v) is 4.90. The van der Waals surface area contributed by atoms with E-state index in [1.54, 1.807) is 6.07 Å². The molecule has 0 saturated carbocycles. The zero-order chi connectivity index (χ0) is 20.6. The fourth-order valence-electron chi connectivity index (χ4n) is 3.41. The van der Waals surface area contributed by atoms with Crippen LogP contribution in [0.15, 0.2) is 40.9 Å². The van der Waals surface area contributed by atoms with Crippen LogP contribution in [0.2, 0.25) is 0 Å². The van der Waals surface area contributed by atoms with E-state index in [0.29, 0.717) is 23.8 Å². The molecule has 2 unspecified atom stereocenters. The van der Waals surface area contributed by atoms with Crippen molar-refractivity contribution >= 4 is 16.9 Å². The molecule has 3 aromatic rings. The molecule has 0 bridgehead atoms. The van der Waals surface area contributed by atoms with E-state index >= 15 is 0 Å². The molecular formula is C19H17F3N4O3. The Morgan fingerprint density at radius 3 is 2.76 bits per heavy atom. The van der Waals surface area contributed by atoms with Gasteiger partial charge in [0.25, 0.3) is 0 Å². The van der Waals surface area contributed by atoms with Crippen molar-refractivity contribution in [2.24, 2.45) is 5.92 Å². The zero-order valence-corrected chi connectivity index (χ0v) is 15.4. The Labute approximate surface area is 163 Å². The van der Waals surface area contributed by atoms with Gasteiger partial charge in [0.15, 0.2) is 0 Å². The van der Waals surface area contributed by atoms with Gasteiger partial charge in [-0.05, 0) is 24.5 Å². The number of halogens is 3. The molecule has 152 valence electrons. The lowest BCUT2D eigenvalue weighted by molar-refractivity contribution is -0.244. The van der Waals surface area contributed by atoms with Crippen LogP contribution in [-0.2, 0) is 9.63 Å². The van der Waals surface area contributed by atoms with E-state index in [2.05, 4.69) is 20.0 Å². The highest BCUT2D eigenvalue weighted by Gasteiger charge is 2.43. The molecule has 1 aliphatic rings. The molecule has 1 aromatic carbocycles. The number of fused-ring (bicyclic) bond motifs is 1. The minimum Gasteiger partial charge on any atom is -0.361 e. The molecule has 2 aromatic heterocycles. The summed E-state index contributed by atoms with van der Waals surface area (Å²) in [5.41, 5.74) is 1.38. The van der Waals surface area contributed by atoms with Crippen LogP contribution in [0.3, 0.4) is 0 Å². The first-order valence-electron chi connectivity index (χ1n) is 9.05. The largest absolute Gasteiger partial charge is 0.492 e. The van der Waals surface area contributed by atoms with Gasteiger partial charge in [-0.1, -0.05) is 36.3 Å². The molecule has 10 heteroatoms. The number of carbonyl (C=O) groups excluding carboxylic acids is 1. The monoisotopic (exact) mass is 406 g/mol. The lowest BCUT2D eigenvalue weighted by Gasteiger charge is -2.33. The number of hydrogen-bond acceptors (Lipinski definition) is 7. The Kier molecular flexibility index (Phi) is 4.95. The van der Waals surface area contributed by atoms with Gasteiger partial charge < -0.3 is 9.36 Å². The van der Waals surface area contributed by atoms with E-state index in [1.165, 1.54) is 0 Å². The Morgan fingerprint density at radius 1 is 1.21 bits per heavy atom. The number of hydroxylamine groups is 2. The molecule has 0 aliphatic carbocycles. The van der Waals surface area contributed by atoms with Crippen LogP contribution < -0.4 is 0 Å². The number of para-hydroxylation sites is 1. The fraction of sp³-hybridized carbons (Fsp3) is 0.368. The van der Waals surface area contributed by atoms with Gasteiger partial charge in [0.1, 0.15) is 5.69 Å².